The van der Waals surface area contributed by atoms with Crippen LogP contribution in [0.5, 0.6) is 0 Å². The molecular formula is C14H14ClNS. The van der Waals surface area contributed by atoms with E-state index in [1.165, 1.54) is 26.1 Å². The van der Waals surface area contributed by atoms with E-state index in [4.69, 9.17) is 11.6 Å². The highest BCUT2D eigenvalue weighted by molar-refractivity contribution is 7.20. The Hall–Kier alpha value is -0.830. The van der Waals surface area contributed by atoms with Crippen LogP contribution in [0.3, 0.4) is 0 Å². The molecule has 3 rings (SSSR count). The molecule has 0 aliphatic carbocycles. The van der Waals surface area contributed by atoms with Gasteiger partial charge in [-0.2, -0.15) is 0 Å². The predicted molar refractivity (Wildman–Crippen MR) is 77.0 cm³/mol. The quantitative estimate of drug-likeness (QED) is 0.812. The summed E-state index contributed by atoms with van der Waals surface area (Å²) in [5.41, 5.74) is 2.73. The molecule has 0 fully saturated rings. The number of hydrogen-bond acceptors (Lipinski definition) is 2. The van der Waals surface area contributed by atoms with Crippen LogP contribution in [0.2, 0.25) is 5.02 Å². The van der Waals surface area contributed by atoms with Crippen molar-refractivity contribution in [2.24, 2.45) is 0 Å². The molecule has 1 N–H and O–H groups in total. The largest absolute Gasteiger partial charge is 0.312 e. The molecule has 0 unspecified atom stereocenters. The summed E-state index contributed by atoms with van der Waals surface area (Å²) in [5.74, 6) is 0. The Morgan fingerprint density at radius 1 is 1.35 bits per heavy atom. The average Bonchev–Trinajstić information content (AvgIpc) is 2.53. The molecule has 0 radical (unpaired) electrons. The number of allylic oxidation sites excluding steroid dienone is 1. The Bertz CT molecular complexity index is 598. The van der Waals surface area contributed by atoms with E-state index in [0.717, 1.165) is 24.5 Å². The summed E-state index contributed by atoms with van der Waals surface area (Å²) in [4.78, 5) is 1.36. The molecule has 0 atom stereocenters. The van der Waals surface area contributed by atoms with Gasteiger partial charge in [0.05, 0.1) is 0 Å². The standard InChI is InChI=1S/C14H14ClNS/c1-2-3-12-10-8-16-7-6-9-11(15)4-5-13(17-12)14(9)10/h2-5,16H,6-8H2,1H3. The Labute approximate surface area is 110 Å². The molecule has 17 heavy (non-hydrogen) atoms. The third-order valence-electron chi connectivity index (χ3n) is 3.21. The lowest BCUT2D eigenvalue weighted by molar-refractivity contribution is 0.703. The van der Waals surface area contributed by atoms with Gasteiger partial charge < -0.3 is 5.32 Å². The van der Waals surface area contributed by atoms with Crippen LogP contribution in [0, 0.1) is 0 Å². The van der Waals surface area contributed by atoms with Crippen LogP contribution in [0.15, 0.2) is 18.2 Å². The third-order valence-corrected chi connectivity index (χ3v) is 4.72. The van der Waals surface area contributed by atoms with E-state index < -0.39 is 0 Å². The highest BCUT2D eigenvalue weighted by atomic mass is 35.5. The molecule has 0 bridgehead atoms. The van der Waals surface area contributed by atoms with Crippen molar-refractivity contribution in [2.75, 3.05) is 6.54 Å². The molecule has 0 saturated carbocycles. The zero-order valence-corrected chi connectivity index (χ0v) is 11.3. The van der Waals surface area contributed by atoms with Crippen LogP contribution >= 0.6 is 22.9 Å². The van der Waals surface area contributed by atoms with E-state index >= 15 is 0 Å². The molecule has 0 spiro atoms. The van der Waals surface area contributed by atoms with Gasteiger partial charge in [-0.3, -0.25) is 0 Å². The van der Waals surface area contributed by atoms with Crippen molar-refractivity contribution < 1.29 is 0 Å². The van der Waals surface area contributed by atoms with Gasteiger partial charge in [0.15, 0.2) is 0 Å². The van der Waals surface area contributed by atoms with Crippen molar-refractivity contribution in [1.82, 2.24) is 5.32 Å². The molecule has 2 aromatic rings. The molecule has 0 saturated heterocycles. The Morgan fingerprint density at radius 3 is 3.06 bits per heavy atom. The maximum Gasteiger partial charge on any atom is 0.0445 e. The average molecular weight is 264 g/mol. The van der Waals surface area contributed by atoms with Gasteiger partial charge in [0.25, 0.3) is 0 Å². The summed E-state index contributed by atoms with van der Waals surface area (Å²) < 4.78 is 1.36. The van der Waals surface area contributed by atoms with Crippen LogP contribution < -0.4 is 5.32 Å². The summed E-state index contributed by atoms with van der Waals surface area (Å²) in [6.07, 6.45) is 5.33. The molecule has 1 aromatic heterocycles. The highest BCUT2D eigenvalue weighted by Gasteiger charge is 2.18. The fraction of sp³-hybridized carbons (Fsp3) is 0.286. The molecule has 3 heteroatoms. The molecule has 1 nitrogen and oxygen atoms in total. The van der Waals surface area contributed by atoms with E-state index in [1.54, 1.807) is 0 Å². The van der Waals surface area contributed by atoms with Crippen LogP contribution in [0.1, 0.15) is 22.9 Å². The predicted octanol–water partition coefficient (Wildman–Crippen LogP) is 4.23. The Balaban J connectivity index is 2.37. The fourth-order valence-electron chi connectivity index (χ4n) is 2.45. The summed E-state index contributed by atoms with van der Waals surface area (Å²) in [5, 5.41) is 5.78. The fourth-order valence-corrected chi connectivity index (χ4v) is 3.93. The monoisotopic (exact) mass is 263 g/mol. The molecule has 2 heterocycles. The molecule has 1 aromatic carbocycles. The van der Waals surface area contributed by atoms with Gasteiger partial charge in [-0.15, -0.1) is 11.3 Å². The van der Waals surface area contributed by atoms with Crippen molar-refractivity contribution in [3.63, 3.8) is 0 Å². The Kier molecular flexibility index (Phi) is 2.95. The van der Waals surface area contributed by atoms with Crippen LogP contribution in [-0.4, -0.2) is 6.54 Å². The molecular weight excluding hydrogens is 250 g/mol. The Morgan fingerprint density at radius 2 is 2.24 bits per heavy atom. The third kappa shape index (κ3) is 1.81. The van der Waals surface area contributed by atoms with Gasteiger partial charge in [-0.05, 0) is 49.2 Å². The van der Waals surface area contributed by atoms with Crippen molar-refractivity contribution in [2.45, 2.75) is 19.9 Å². The lowest BCUT2D eigenvalue weighted by Gasteiger charge is -2.03. The minimum absolute atomic E-state index is 0.910. The zero-order valence-electron chi connectivity index (χ0n) is 9.72. The van der Waals surface area contributed by atoms with Crippen LogP contribution in [0.25, 0.3) is 16.2 Å². The van der Waals surface area contributed by atoms with Gasteiger partial charge in [0.1, 0.15) is 0 Å². The normalized spacial score (nSPS) is 15.6. The van der Waals surface area contributed by atoms with E-state index in [1.807, 2.05) is 17.4 Å². The van der Waals surface area contributed by atoms with Gasteiger partial charge in [0.2, 0.25) is 0 Å². The summed E-state index contributed by atoms with van der Waals surface area (Å²) in [7, 11) is 0. The lowest BCUT2D eigenvalue weighted by atomic mass is 10.0. The van der Waals surface area contributed by atoms with E-state index in [9.17, 15) is 0 Å². The van der Waals surface area contributed by atoms with Gasteiger partial charge in [0, 0.05) is 26.5 Å². The van der Waals surface area contributed by atoms with Crippen LogP contribution in [-0.2, 0) is 13.0 Å². The van der Waals surface area contributed by atoms with Gasteiger partial charge in [-0.1, -0.05) is 17.7 Å². The SMILES string of the molecule is CC=Cc1sc2ccc(Cl)c3c2c1CNCC3. The summed E-state index contributed by atoms with van der Waals surface area (Å²) in [6.45, 7) is 4.02. The first-order valence-electron chi connectivity index (χ1n) is 5.87. The van der Waals surface area contributed by atoms with Crippen molar-refractivity contribution >= 4 is 39.1 Å². The summed E-state index contributed by atoms with van der Waals surface area (Å²) >= 11 is 8.19. The topological polar surface area (TPSA) is 12.0 Å². The zero-order chi connectivity index (χ0) is 11.8. The second-order valence-corrected chi connectivity index (χ2v) is 5.76. The van der Waals surface area contributed by atoms with Crippen molar-refractivity contribution in [1.29, 1.82) is 0 Å². The smallest absolute Gasteiger partial charge is 0.0445 e. The number of thiophene rings is 1. The molecule has 1 aliphatic rings. The van der Waals surface area contributed by atoms with E-state index in [0.29, 0.717) is 0 Å². The first-order valence-corrected chi connectivity index (χ1v) is 7.07. The second kappa shape index (κ2) is 4.45. The molecule has 0 amide bonds. The number of benzene rings is 1. The number of halogens is 1. The van der Waals surface area contributed by atoms with E-state index in [-0.39, 0.29) is 0 Å². The van der Waals surface area contributed by atoms with E-state index in [2.05, 4.69) is 30.5 Å². The maximum absolute atomic E-state index is 6.33. The number of hydrogen-bond donors (Lipinski definition) is 1. The molecule has 88 valence electrons. The molecule has 1 aliphatic heterocycles. The van der Waals surface area contributed by atoms with Gasteiger partial charge >= 0.3 is 0 Å². The maximum atomic E-state index is 6.33. The number of nitrogens with one attached hydrogen (secondary N) is 1. The van der Waals surface area contributed by atoms with Gasteiger partial charge in [-0.25, -0.2) is 0 Å². The van der Waals surface area contributed by atoms with Crippen LogP contribution in [0.4, 0.5) is 0 Å². The first kappa shape index (κ1) is 11.3. The van der Waals surface area contributed by atoms with Crippen molar-refractivity contribution in [3.05, 3.63) is 39.2 Å². The highest BCUT2D eigenvalue weighted by Crippen LogP contribution is 2.38. The summed E-state index contributed by atoms with van der Waals surface area (Å²) in [6, 6.07) is 4.18. The minimum atomic E-state index is 0.910. The minimum Gasteiger partial charge on any atom is -0.312 e. The van der Waals surface area contributed by atoms with Crippen molar-refractivity contribution in [3.8, 4) is 0 Å². The second-order valence-electron chi connectivity index (χ2n) is 4.27. The first-order chi connectivity index (χ1) is 8.31. The lowest BCUT2D eigenvalue weighted by Crippen LogP contribution is -2.14. The number of rotatable bonds is 1.